The van der Waals surface area contributed by atoms with E-state index in [0.29, 0.717) is 19.3 Å². The minimum atomic E-state index is -0.764. The van der Waals surface area contributed by atoms with Gasteiger partial charge in [0.15, 0.2) is 6.10 Å². The van der Waals surface area contributed by atoms with Crippen molar-refractivity contribution in [1.82, 2.24) is 0 Å². The normalized spacial score (nSPS) is 12.1. The summed E-state index contributed by atoms with van der Waals surface area (Å²) in [7, 11) is 0. The number of carbonyl (C=O) groups excluding carboxylic acids is 3. The Balaban J connectivity index is 4.30. The van der Waals surface area contributed by atoms with Crippen LogP contribution in [0.4, 0.5) is 0 Å². The van der Waals surface area contributed by atoms with Crippen LogP contribution in [0.1, 0.15) is 363 Å². The number of hydrogen-bond acceptors (Lipinski definition) is 6. The summed E-state index contributed by atoms with van der Waals surface area (Å²) in [6.45, 7) is 13.8. The van der Waals surface area contributed by atoms with Crippen LogP contribution in [0.2, 0.25) is 0 Å². The van der Waals surface area contributed by atoms with Gasteiger partial charge in [-0.05, 0) is 37.0 Å². The number of hydrogen-bond donors (Lipinski definition) is 0. The second-order valence-electron chi connectivity index (χ2n) is 23.8. The SMILES string of the molecule is CC(C)CCCCCCCCCCCCCCCCCC(=O)OC[C@@H](COC(=O)CCCCCCCCCCCCCCCCC(C)C)OC(=O)CCCCCCCCCCCCCCCCCC(C)C. The third kappa shape index (κ3) is 59.2. The molecule has 0 aromatic rings. The fourth-order valence-electron chi connectivity index (χ4n) is 10.1. The number of carbonyl (C=O) groups is 3. The van der Waals surface area contributed by atoms with Crippen LogP contribution in [0.15, 0.2) is 0 Å². The first kappa shape index (κ1) is 69.4. The lowest BCUT2D eigenvalue weighted by molar-refractivity contribution is -0.167. The molecule has 0 saturated carbocycles. The Labute approximate surface area is 444 Å². The van der Waals surface area contributed by atoms with Crippen molar-refractivity contribution < 1.29 is 28.6 Å². The van der Waals surface area contributed by atoms with E-state index >= 15 is 0 Å². The summed E-state index contributed by atoms with van der Waals surface area (Å²) in [5.74, 6) is 1.71. The second-order valence-corrected chi connectivity index (χ2v) is 23.8. The molecule has 0 heterocycles. The van der Waals surface area contributed by atoms with Gasteiger partial charge in [-0.3, -0.25) is 14.4 Å². The fourth-order valence-corrected chi connectivity index (χ4v) is 10.1. The molecule has 0 aromatic carbocycles. The van der Waals surface area contributed by atoms with Gasteiger partial charge in [-0.2, -0.15) is 0 Å². The van der Waals surface area contributed by atoms with Crippen LogP contribution in [-0.4, -0.2) is 37.2 Å². The summed E-state index contributed by atoms with van der Waals surface area (Å²) in [4.78, 5) is 38.3. The fraction of sp³-hybridized carbons (Fsp3) is 0.954. The number of esters is 3. The van der Waals surface area contributed by atoms with Crippen LogP contribution in [0.3, 0.4) is 0 Å². The Morgan fingerprint density at radius 2 is 0.408 bits per heavy atom. The van der Waals surface area contributed by atoms with Crippen molar-refractivity contribution in [3.63, 3.8) is 0 Å². The molecule has 0 saturated heterocycles. The zero-order valence-electron chi connectivity index (χ0n) is 49.0. The Hall–Kier alpha value is -1.59. The molecule has 1 atom stereocenters. The van der Waals surface area contributed by atoms with E-state index in [0.717, 1.165) is 75.5 Å². The zero-order chi connectivity index (χ0) is 51.9. The largest absolute Gasteiger partial charge is 0.462 e. The molecular weight excluding hydrogens is 877 g/mol. The third-order valence-electron chi connectivity index (χ3n) is 14.9. The number of ether oxygens (including phenoxy) is 3. The van der Waals surface area contributed by atoms with Crippen LogP contribution in [-0.2, 0) is 28.6 Å². The molecule has 0 spiro atoms. The first-order chi connectivity index (χ1) is 34.6. The van der Waals surface area contributed by atoms with E-state index in [-0.39, 0.29) is 31.1 Å². The molecule has 0 radical (unpaired) electrons. The summed E-state index contributed by atoms with van der Waals surface area (Å²) in [6, 6.07) is 0. The van der Waals surface area contributed by atoms with E-state index in [2.05, 4.69) is 41.5 Å². The summed E-state index contributed by atoms with van der Waals surface area (Å²) < 4.78 is 17.0. The molecule has 0 bridgehead atoms. The lowest BCUT2D eigenvalue weighted by Crippen LogP contribution is -2.30. The molecule has 6 heteroatoms. The highest BCUT2D eigenvalue weighted by Gasteiger charge is 2.19. The van der Waals surface area contributed by atoms with Gasteiger partial charge in [0.25, 0.3) is 0 Å². The molecule has 71 heavy (non-hydrogen) atoms. The average molecular weight is 1000 g/mol. The lowest BCUT2D eigenvalue weighted by atomic mass is 10.0. The van der Waals surface area contributed by atoms with Gasteiger partial charge in [0.05, 0.1) is 0 Å². The summed E-state index contributed by atoms with van der Waals surface area (Å²) in [5, 5.41) is 0. The maximum atomic E-state index is 12.9. The number of unbranched alkanes of at least 4 members (excludes halogenated alkanes) is 41. The van der Waals surface area contributed by atoms with Crippen molar-refractivity contribution in [1.29, 1.82) is 0 Å². The van der Waals surface area contributed by atoms with Crippen molar-refractivity contribution in [2.75, 3.05) is 13.2 Å². The molecule has 422 valence electrons. The molecular formula is C65H126O6. The first-order valence-corrected chi connectivity index (χ1v) is 32.1. The van der Waals surface area contributed by atoms with Crippen molar-refractivity contribution >= 4 is 17.9 Å². The third-order valence-corrected chi connectivity index (χ3v) is 14.9. The summed E-state index contributed by atoms with van der Waals surface area (Å²) in [6.07, 6.45) is 61.0. The van der Waals surface area contributed by atoms with Crippen LogP contribution >= 0.6 is 0 Å². The van der Waals surface area contributed by atoms with Gasteiger partial charge in [-0.1, -0.05) is 324 Å². The lowest BCUT2D eigenvalue weighted by Gasteiger charge is -2.18. The predicted molar refractivity (Wildman–Crippen MR) is 307 cm³/mol. The number of rotatable bonds is 58. The molecule has 6 nitrogen and oxygen atoms in total. The Bertz CT molecular complexity index is 1100. The van der Waals surface area contributed by atoms with Crippen LogP contribution < -0.4 is 0 Å². The smallest absolute Gasteiger partial charge is 0.306 e. The molecule has 0 rings (SSSR count). The predicted octanol–water partition coefficient (Wildman–Crippen LogP) is 21.5. The minimum Gasteiger partial charge on any atom is -0.462 e. The quantitative estimate of drug-likeness (QED) is 0.0343. The van der Waals surface area contributed by atoms with Gasteiger partial charge in [0.2, 0.25) is 0 Å². The second kappa shape index (κ2) is 56.1. The van der Waals surface area contributed by atoms with Crippen molar-refractivity contribution in [2.24, 2.45) is 17.8 Å². The molecule has 0 N–H and O–H groups in total. The van der Waals surface area contributed by atoms with Crippen molar-refractivity contribution in [2.45, 2.75) is 369 Å². The highest BCUT2D eigenvalue weighted by molar-refractivity contribution is 5.71. The van der Waals surface area contributed by atoms with E-state index in [1.807, 2.05) is 0 Å². The van der Waals surface area contributed by atoms with E-state index < -0.39 is 6.10 Å². The zero-order valence-corrected chi connectivity index (χ0v) is 49.0. The maximum Gasteiger partial charge on any atom is 0.306 e. The van der Waals surface area contributed by atoms with Gasteiger partial charge in [0.1, 0.15) is 13.2 Å². The topological polar surface area (TPSA) is 78.9 Å². The van der Waals surface area contributed by atoms with Gasteiger partial charge < -0.3 is 14.2 Å². The summed E-state index contributed by atoms with van der Waals surface area (Å²) >= 11 is 0. The van der Waals surface area contributed by atoms with Gasteiger partial charge in [-0.25, -0.2) is 0 Å². The molecule has 0 unspecified atom stereocenters. The highest BCUT2D eigenvalue weighted by Crippen LogP contribution is 2.19. The van der Waals surface area contributed by atoms with Gasteiger partial charge in [0, 0.05) is 19.3 Å². The standard InChI is InChI=1S/C65H126O6/c1-59(2)51-45-39-33-27-21-15-9-7-11-18-24-30-36-42-48-54-63(66)69-57-62(58-70-64(67)55-49-43-37-31-25-19-14-13-17-23-29-35-41-47-53-61(5)6)71-65(68)56-50-44-38-32-26-20-12-8-10-16-22-28-34-40-46-52-60(3)4/h59-62H,7-58H2,1-6H3/t62-/m0/s1. The van der Waals surface area contributed by atoms with Crippen LogP contribution in [0.25, 0.3) is 0 Å². The van der Waals surface area contributed by atoms with E-state index in [1.54, 1.807) is 0 Å². The van der Waals surface area contributed by atoms with Crippen LogP contribution in [0, 0.1) is 17.8 Å². The average Bonchev–Trinajstić information content (AvgIpc) is 3.33. The van der Waals surface area contributed by atoms with Crippen molar-refractivity contribution in [3.8, 4) is 0 Å². The molecule has 0 aliphatic carbocycles. The Morgan fingerprint density at radius 1 is 0.239 bits per heavy atom. The van der Waals surface area contributed by atoms with E-state index in [4.69, 9.17) is 14.2 Å². The maximum absolute atomic E-state index is 12.9. The van der Waals surface area contributed by atoms with Crippen LogP contribution in [0.5, 0.6) is 0 Å². The highest BCUT2D eigenvalue weighted by atomic mass is 16.6. The molecule has 0 aliphatic rings. The minimum absolute atomic E-state index is 0.0625. The van der Waals surface area contributed by atoms with Crippen molar-refractivity contribution in [3.05, 3.63) is 0 Å². The van der Waals surface area contributed by atoms with Gasteiger partial charge in [-0.15, -0.1) is 0 Å². The molecule has 0 amide bonds. The molecule has 0 aliphatic heterocycles. The van der Waals surface area contributed by atoms with Gasteiger partial charge >= 0.3 is 17.9 Å². The Morgan fingerprint density at radius 3 is 0.606 bits per heavy atom. The molecule has 0 aromatic heterocycles. The molecule has 0 fully saturated rings. The van der Waals surface area contributed by atoms with E-state index in [1.165, 1.54) is 244 Å². The Kier molecular flexibility index (Phi) is 54.9. The monoisotopic (exact) mass is 1000 g/mol. The van der Waals surface area contributed by atoms with E-state index in [9.17, 15) is 14.4 Å². The first-order valence-electron chi connectivity index (χ1n) is 32.1. The summed E-state index contributed by atoms with van der Waals surface area (Å²) in [5.41, 5.74) is 0.